The molecule has 0 spiro atoms. The van der Waals surface area contributed by atoms with Gasteiger partial charge in [-0.2, -0.15) is 0 Å². The largest absolute Gasteiger partial charge is 0.481 e. The molecule has 0 unspecified atom stereocenters. The second kappa shape index (κ2) is 5.40. The average Bonchev–Trinajstić information content (AvgIpc) is 2.43. The Bertz CT molecular complexity index is 689. The molecule has 22 heavy (non-hydrogen) atoms. The summed E-state index contributed by atoms with van der Waals surface area (Å²) in [5, 5.41) is 12.1. The Labute approximate surface area is 126 Å². The Morgan fingerprint density at radius 2 is 1.64 bits per heavy atom. The number of carboxylic acids is 1. The summed E-state index contributed by atoms with van der Waals surface area (Å²) in [6.07, 6.45) is 2.14. The number of carboxylic acid groups (broad SMARTS) is 1. The highest BCUT2D eigenvalue weighted by atomic mass is 19.1. The first-order valence-electron chi connectivity index (χ1n) is 7.08. The number of anilines is 2. The highest BCUT2D eigenvalue weighted by Gasteiger charge is 2.45. The van der Waals surface area contributed by atoms with Gasteiger partial charge in [0.25, 0.3) is 0 Å². The van der Waals surface area contributed by atoms with Gasteiger partial charge in [0.05, 0.1) is 5.41 Å². The Balaban J connectivity index is 1.85. The van der Waals surface area contributed by atoms with Gasteiger partial charge in [0.15, 0.2) is 0 Å². The first-order valence-corrected chi connectivity index (χ1v) is 7.08. The fraction of sp³-hybridized carbons (Fsp3) is 0.235. The molecule has 0 heterocycles. The van der Waals surface area contributed by atoms with Crippen molar-refractivity contribution < 1.29 is 18.7 Å². The highest BCUT2D eigenvalue weighted by molar-refractivity contribution is 5.82. The Kier molecular flexibility index (Phi) is 3.56. The van der Waals surface area contributed by atoms with E-state index in [0.29, 0.717) is 18.5 Å². The smallest absolute Gasteiger partial charge is 0.314 e. The standard InChI is InChI=1S/C17H15F2NO2/c18-13-3-1-4-14(19)15(13)20-12-7-5-11(6-8-12)17(16(21)22)9-2-10-17/h1,3-8,20H,2,9-10H2,(H,21,22). The fourth-order valence-electron chi connectivity index (χ4n) is 2.79. The summed E-state index contributed by atoms with van der Waals surface area (Å²) in [6, 6.07) is 10.3. The molecule has 3 rings (SSSR count). The third-order valence-corrected chi connectivity index (χ3v) is 4.29. The number of hydrogen-bond donors (Lipinski definition) is 2. The lowest BCUT2D eigenvalue weighted by Crippen LogP contribution is -2.42. The Morgan fingerprint density at radius 3 is 2.09 bits per heavy atom. The zero-order valence-electron chi connectivity index (χ0n) is 11.8. The van der Waals surface area contributed by atoms with Crippen LogP contribution in [-0.2, 0) is 10.2 Å². The topological polar surface area (TPSA) is 49.3 Å². The van der Waals surface area contributed by atoms with Crippen LogP contribution >= 0.6 is 0 Å². The van der Waals surface area contributed by atoms with Crippen molar-refractivity contribution in [3.05, 3.63) is 59.7 Å². The van der Waals surface area contributed by atoms with Gasteiger partial charge in [-0.05, 0) is 42.7 Å². The summed E-state index contributed by atoms with van der Waals surface area (Å²) >= 11 is 0. The maximum Gasteiger partial charge on any atom is 0.314 e. The monoisotopic (exact) mass is 303 g/mol. The maximum atomic E-state index is 13.6. The molecule has 0 aromatic heterocycles. The van der Waals surface area contributed by atoms with Gasteiger partial charge >= 0.3 is 5.97 Å². The summed E-state index contributed by atoms with van der Waals surface area (Å²) in [6.45, 7) is 0. The van der Waals surface area contributed by atoms with E-state index in [0.717, 1.165) is 12.0 Å². The predicted octanol–water partition coefficient (Wildman–Crippen LogP) is 4.21. The van der Waals surface area contributed by atoms with E-state index in [1.54, 1.807) is 24.3 Å². The van der Waals surface area contributed by atoms with Crippen molar-refractivity contribution >= 4 is 17.3 Å². The van der Waals surface area contributed by atoms with Crippen molar-refractivity contribution in [2.75, 3.05) is 5.32 Å². The molecule has 114 valence electrons. The third kappa shape index (κ3) is 2.32. The summed E-state index contributed by atoms with van der Waals surface area (Å²) < 4.78 is 27.2. The summed E-state index contributed by atoms with van der Waals surface area (Å²) in [5.41, 5.74) is 0.215. The van der Waals surface area contributed by atoms with Gasteiger partial charge in [0.1, 0.15) is 17.3 Å². The van der Waals surface area contributed by atoms with Crippen LogP contribution in [0.4, 0.5) is 20.2 Å². The highest BCUT2D eigenvalue weighted by Crippen LogP contribution is 2.44. The molecule has 1 aliphatic carbocycles. The Hall–Kier alpha value is -2.43. The molecule has 2 N–H and O–H groups in total. The normalized spacial score (nSPS) is 15.9. The second-order valence-corrected chi connectivity index (χ2v) is 5.54. The Morgan fingerprint density at radius 1 is 1.05 bits per heavy atom. The van der Waals surface area contributed by atoms with Crippen LogP contribution in [0.1, 0.15) is 24.8 Å². The summed E-state index contributed by atoms with van der Waals surface area (Å²) in [5.74, 6) is -2.17. The molecule has 1 fully saturated rings. The van der Waals surface area contributed by atoms with E-state index in [9.17, 15) is 18.7 Å². The lowest BCUT2D eigenvalue weighted by atomic mass is 9.64. The van der Waals surface area contributed by atoms with Gasteiger partial charge in [-0.3, -0.25) is 4.79 Å². The van der Waals surface area contributed by atoms with Crippen LogP contribution in [-0.4, -0.2) is 11.1 Å². The van der Waals surface area contributed by atoms with E-state index in [-0.39, 0.29) is 5.69 Å². The van der Waals surface area contributed by atoms with E-state index in [1.165, 1.54) is 18.2 Å². The molecular formula is C17H15F2NO2. The van der Waals surface area contributed by atoms with Crippen LogP contribution in [0.2, 0.25) is 0 Å². The molecule has 5 heteroatoms. The summed E-state index contributed by atoms with van der Waals surface area (Å²) in [7, 11) is 0. The van der Waals surface area contributed by atoms with Crippen LogP contribution in [0.25, 0.3) is 0 Å². The zero-order chi connectivity index (χ0) is 15.7. The lowest BCUT2D eigenvalue weighted by molar-refractivity contribution is -0.147. The number of rotatable bonds is 4. The van der Waals surface area contributed by atoms with E-state index in [2.05, 4.69) is 5.32 Å². The van der Waals surface area contributed by atoms with Gasteiger partial charge in [-0.1, -0.05) is 24.6 Å². The van der Waals surface area contributed by atoms with Crippen LogP contribution in [0.3, 0.4) is 0 Å². The first-order chi connectivity index (χ1) is 10.5. The molecule has 0 bridgehead atoms. The minimum Gasteiger partial charge on any atom is -0.481 e. The minimum atomic E-state index is -0.820. The number of carbonyl (C=O) groups is 1. The molecule has 1 aliphatic rings. The molecular weight excluding hydrogens is 288 g/mol. The first kappa shape index (κ1) is 14.5. The van der Waals surface area contributed by atoms with Crippen LogP contribution in [0, 0.1) is 11.6 Å². The number of aliphatic carboxylic acids is 1. The van der Waals surface area contributed by atoms with Crippen molar-refractivity contribution in [1.29, 1.82) is 0 Å². The van der Waals surface area contributed by atoms with Crippen molar-refractivity contribution in [1.82, 2.24) is 0 Å². The zero-order valence-corrected chi connectivity index (χ0v) is 11.8. The predicted molar refractivity (Wildman–Crippen MR) is 79.2 cm³/mol. The molecule has 0 saturated heterocycles. The molecule has 2 aromatic rings. The second-order valence-electron chi connectivity index (χ2n) is 5.54. The number of para-hydroxylation sites is 1. The van der Waals surface area contributed by atoms with Gasteiger partial charge in [0.2, 0.25) is 0 Å². The number of benzene rings is 2. The molecule has 0 amide bonds. The molecule has 1 saturated carbocycles. The molecule has 2 aromatic carbocycles. The number of halogens is 2. The van der Waals surface area contributed by atoms with Gasteiger partial charge in [-0.25, -0.2) is 8.78 Å². The van der Waals surface area contributed by atoms with E-state index < -0.39 is 23.0 Å². The number of nitrogens with one attached hydrogen (secondary N) is 1. The lowest BCUT2D eigenvalue weighted by Gasteiger charge is -2.38. The van der Waals surface area contributed by atoms with Crippen molar-refractivity contribution in [3.8, 4) is 0 Å². The van der Waals surface area contributed by atoms with Crippen molar-refractivity contribution in [2.45, 2.75) is 24.7 Å². The SMILES string of the molecule is O=C(O)C1(c2ccc(Nc3c(F)cccc3F)cc2)CCC1. The van der Waals surface area contributed by atoms with Crippen molar-refractivity contribution in [3.63, 3.8) is 0 Å². The molecule has 0 aliphatic heterocycles. The van der Waals surface area contributed by atoms with Crippen LogP contribution < -0.4 is 5.32 Å². The third-order valence-electron chi connectivity index (χ3n) is 4.29. The van der Waals surface area contributed by atoms with Crippen LogP contribution in [0.15, 0.2) is 42.5 Å². The van der Waals surface area contributed by atoms with Crippen LogP contribution in [0.5, 0.6) is 0 Å². The average molecular weight is 303 g/mol. The van der Waals surface area contributed by atoms with Gasteiger partial charge in [0, 0.05) is 5.69 Å². The minimum absolute atomic E-state index is 0.216. The maximum absolute atomic E-state index is 13.6. The molecule has 0 radical (unpaired) electrons. The fourth-order valence-corrected chi connectivity index (χ4v) is 2.79. The van der Waals surface area contributed by atoms with E-state index in [1.807, 2.05) is 0 Å². The quantitative estimate of drug-likeness (QED) is 0.889. The molecule has 0 atom stereocenters. The van der Waals surface area contributed by atoms with Gasteiger partial charge < -0.3 is 10.4 Å². The van der Waals surface area contributed by atoms with Gasteiger partial charge in [-0.15, -0.1) is 0 Å². The van der Waals surface area contributed by atoms with Crippen molar-refractivity contribution in [2.24, 2.45) is 0 Å². The summed E-state index contributed by atoms with van der Waals surface area (Å²) in [4.78, 5) is 11.5. The molecule has 3 nitrogen and oxygen atoms in total. The van der Waals surface area contributed by atoms with E-state index in [4.69, 9.17) is 0 Å². The van der Waals surface area contributed by atoms with E-state index >= 15 is 0 Å². The number of hydrogen-bond acceptors (Lipinski definition) is 2.